The minimum absolute atomic E-state index is 0.145. The second kappa shape index (κ2) is 24.0. The van der Waals surface area contributed by atoms with Gasteiger partial charge in [-0.25, -0.2) is 0 Å². The lowest BCUT2D eigenvalue weighted by atomic mass is 9.92. The molecule has 2 fully saturated rings. The zero-order chi connectivity index (χ0) is 49.9. The molecule has 1 unspecified atom stereocenters. The molecular formula is C56H59Cl2N7O6. The summed E-state index contributed by atoms with van der Waals surface area (Å²) in [7, 11) is 3.44. The van der Waals surface area contributed by atoms with Crippen molar-refractivity contribution in [3.8, 4) is 34.1 Å². The monoisotopic (exact) mass is 995 g/mol. The highest BCUT2D eigenvalue weighted by atomic mass is 35.5. The van der Waals surface area contributed by atoms with Gasteiger partial charge in [-0.2, -0.15) is 0 Å². The fourth-order valence-electron chi connectivity index (χ4n) is 9.38. The molecule has 1 amide bonds. The Morgan fingerprint density at radius 2 is 1.13 bits per heavy atom. The number of halogens is 2. The maximum absolute atomic E-state index is 12.3. The van der Waals surface area contributed by atoms with E-state index in [0.717, 1.165) is 105 Å². The molecule has 71 heavy (non-hydrogen) atoms. The minimum atomic E-state index is -0.354. The summed E-state index contributed by atoms with van der Waals surface area (Å²) >= 11 is 13.9. The maximum Gasteiger partial charge on any atom is 0.234 e. The Balaban J connectivity index is 0.998. The Hall–Kier alpha value is -6.64. The summed E-state index contributed by atoms with van der Waals surface area (Å²) < 4.78 is 25.9. The van der Waals surface area contributed by atoms with E-state index in [1.54, 1.807) is 51.3 Å². The summed E-state index contributed by atoms with van der Waals surface area (Å²) in [4.78, 5) is 45.4. The van der Waals surface area contributed by atoms with Crippen LogP contribution >= 0.6 is 23.2 Å². The third kappa shape index (κ3) is 12.6. The van der Waals surface area contributed by atoms with Gasteiger partial charge in [0.1, 0.15) is 55.7 Å². The summed E-state index contributed by atoms with van der Waals surface area (Å²) in [6.45, 7) is 7.73. The number of pyridine rings is 2. The fourth-order valence-corrected chi connectivity index (χ4v) is 9.86. The lowest BCUT2D eigenvalue weighted by Gasteiger charge is -2.24. The van der Waals surface area contributed by atoms with Crippen LogP contribution in [0.5, 0.6) is 23.0 Å². The van der Waals surface area contributed by atoms with E-state index in [1.165, 1.54) is 0 Å². The smallest absolute Gasteiger partial charge is 0.234 e. The molecule has 2 saturated heterocycles. The van der Waals surface area contributed by atoms with Crippen molar-refractivity contribution in [1.82, 2.24) is 19.8 Å². The van der Waals surface area contributed by atoms with Crippen molar-refractivity contribution in [2.45, 2.75) is 91.1 Å². The standard InChI is InChI=1S/C56H59Cl2N7O6/c1-36-42(34-70-54-21-52(68-32-40-17-38(23-60-3)25-62-27-40)44(19-49(54)57)29-64-15-7-11-46(64)31-66)9-5-12-47(36)48-13-6-10-43(37(48)2)35-71-55-22-53(69-33-41-18-39(24-61-4)26-63-28-41)45(20-50(55)58)30-65-16-8-14-51(65)56(59)67/h5-6,9-10,12-13,17-28,31,46,51H,7-8,11,14-16,29-30,32-35H2,1-4H3,(H2,59,67)/t46?,51-/m1/s1. The number of likely N-dealkylation sites (tertiary alicyclic amines) is 2. The predicted molar refractivity (Wildman–Crippen MR) is 279 cm³/mol. The van der Waals surface area contributed by atoms with Crippen molar-refractivity contribution in [2.24, 2.45) is 15.7 Å². The van der Waals surface area contributed by atoms with E-state index in [1.807, 2.05) is 48.5 Å². The molecule has 13 nitrogen and oxygen atoms in total. The first-order chi connectivity index (χ1) is 34.5. The molecule has 15 heteroatoms. The van der Waals surface area contributed by atoms with Crippen molar-refractivity contribution in [1.29, 1.82) is 0 Å². The van der Waals surface area contributed by atoms with Gasteiger partial charge in [-0.1, -0.05) is 59.6 Å². The zero-order valence-corrected chi connectivity index (χ0v) is 42.1. The van der Waals surface area contributed by atoms with Gasteiger partial charge in [-0.05, 0) is 110 Å². The van der Waals surface area contributed by atoms with Crippen molar-refractivity contribution in [3.63, 3.8) is 0 Å². The largest absolute Gasteiger partial charge is 0.488 e. The van der Waals surface area contributed by atoms with Crippen LogP contribution in [0, 0.1) is 13.8 Å². The number of carbonyl (C=O) groups is 2. The SMILES string of the molecule is CN=Cc1cncc(COc2cc(OCc3cccc(-c4cccc(COc5cc(OCc6cncc(C=NC)c6)c(CN6CCC[C@@H]6C(N)=O)cc5Cl)c4C)c3C)c(Cl)cc2CN2CCCC2C=O)c1. The average molecular weight is 997 g/mol. The van der Waals surface area contributed by atoms with Gasteiger partial charge in [0.15, 0.2) is 0 Å². The number of aldehydes is 1. The molecule has 0 saturated carbocycles. The molecule has 4 heterocycles. The molecule has 0 bridgehead atoms. The van der Waals surface area contributed by atoms with Crippen LogP contribution < -0.4 is 24.7 Å². The van der Waals surface area contributed by atoms with Crippen LogP contribution in [0.25, 0.3) is 11.1 Å². The quantitative estimate of drug-likeness (QED) is 0.0545. The molecule has 368 valence electrons. The first kappa shape index (κ1) is 50.7. The molecule has 2 atom stereocenters. The number of hydrogen-bond acceptors (Lipinski definition) is 12. The zero-order valence-electron chi connectivity index (χ0n) is 40.6. The summed E-state index contributed by atoms with van der Waals surface area (Å²) in [5.74, 6) is 1.83. The number of primary amides is 1. The van der Waals surface area contributed by atoms with Gasteiger partial charge in [-0.3, -0.25) is 34.5 Å². The van der Waals surface area contributed by atoms with Crippen molar-refractivity contribution < 1.29 is 28.5 Å². The number of amides is 1. The Bertz CT molecular complexity index is 2930. The third-order valence-corrected chi connectivity index (χ3v) is 13.8. The van der Waals surface area contributed by atoms with Crippen LogP contribution in [0.2, 0.25) is 10.0 Å². The van der Waals surface area contributed by atoms with Gasteiger partial charge < -0.3 is 29.5 Å². The number of benzene rings is 4. The van der Waals surface area contributed by atoms with Crippen LogP contribution in [0.3, 0.4) is 0 Å². The van der Waals surface area contributed by atoms with E-state index in [-0.39, 0.29) is 44.4 Å². The molecule has 0 radical (unpaired) electrons. The normalized spacial score (nSPS) is 16.3. The Morgan fingerprint density at radius 1 is 0.648 bits per heavy atom. The molecule has 2 aliphatic rings. The van der Waals surface area contributed by atoms with Gasteiger partial charge in [-0.15, -0.1) is 0 Å². The number of hydrogen-bond donors (Lipinski definition) is 1. The molecule has 0 spiro atoms. The van der Waals surface area contributed by atoms with Crippen molar-refractivity contribution >= 4 is 47.8 Å². The van der Waals surface area contributed by atoms with E-state index < -0.39 is 0 Å². The number of ether oxygens (including phenoxy) is 4. The van der Waals surface area contributed by atoms with Crippen molar-refractivity contribution in [3.05, 3.63) is 163 Å². The molecule has 2 aliphatic heterocycles. The molecular weight excluding hydrogens is 938 g/mol. The molecule has 2 aromatic heterocycles. The number of nitrogens with zero attached hydrogens (tertiary/aromatic N) is 6. The number of rotatable bonds is 21. The van der Waals surface area contributed by atoms with E-state index in [4.69, 9.17) is 47.9 Å². The van der Waals surface area contributed by atoms with Gasteiger partial charge in [0.25, 0.3) is 0 Å². The second-order valence-corrected chi connectivity index (χ2v) is 18.8. The fraction of sp³-hybridized carbons (Fsp3) is 0.321. The number of carbonyl (C=O) groups excluding carboxylic acids is 2. The lowest BCUT2D eigenvalue weighted by molar-refractivity contribution is -0.122. The van der Waals surface area contributed by atoms with Gasteiger partial charge in [0.05, 0.1) is 22.1 Å². The molecule has 8 rings (SSSR count). The number of aliphatic imine (C=N–C) groups is 2. The Kier molecular flexibility index (Phi) is 17.1. The third-order valence-electron chi connectivity index (χ3n) is 13.2. The number of nitrogens with two attached hydrogens (primary N) is 1. The van der Waals surface area contributed by atoms with Crippen molar-refractivity contribution in [2.75, 3.05) is 27.2 Å². The molecule has 4 aromatic carbocycles. The van der Waals surface area contributed by atoms with Crippen LogP contribution in [-0.4, -0.2) is 83.7 Å². The summed E-state index contributed by atoms with van der Waals surface area (Å²) in [5.41, 5.74) is 17.2. The maximum atomic E-state index is 12.3. The average Bonchev–Trinajstić information content (AvgIpc) is 4.04. The molecule has 0 aliphatic carbocycles. The van der Waals surface area contributed by atoms with E-state index in [2.05, 4.69) is 67.9 Å². The highest BCUT2D eigenvalue weighted by Crippen LogP contribution is 2.39. The Morgan fingerprint density at radius 3 is 1.62 bits per heavy atom. The first-order valence-corrected chi connectivity index (χ1v) is 24.6. The van der Waals surface area contributed by atoms with E-state index in [0.29, 0.717) is 52.6 Å². The van der Waals surface area contributed by atoms with Gasteiger partial charge in [0, 0.05) is 110 Å². The highest BCUT2D eigenvalue weighted by molar-refractivity contribution is 6.32. The first-order valence-electron chi connectivity index (χ1n) is 23.8. The Labute approximate surface area is 425 Å². The second-order valence-electron chi connectivity index (χ2n) is 18.0. The topological polar surface area (TPSA) is 154 Å². The minimum Gasteiger partial charge on any atom is -0.488 e. The van der Waals surface area contributed by atoms with Crippen LogP contribution in [0.15, 0.2) is 108 Å². The number of aromatic nitrogens is 2. The molecule has 2 N–H and O–H groups in total. The van der Waals surface area contributed by atoms with Crippen LogP contribution in [-0.2, 0) is 49.1 Å². The van der Waals surface area contributed by atoms with E-state index in [9.17, 15) is 9.59 Å². The summed E-state index contributed by atoms with van der Waals surface area (Å²) in [5, 5.41) is 0.884. The van der Waals surface area contributed by atoms with Gasteiger partial charge in [0.2, 0.25) is 5.91 Å². The molecule has 6 aromatic rings. The van der Waals surface area contributed by atoms with E-state index >= 15 is 0 Å². The van der Waals surface area contributed by atoms with Crippen LogP contribution in [0.4, 0.5) is 0 Å². The summed E-state index contributed by atoms with van der Waals surface area (Å²) in [6, 6.07) is 23.3. The van der Waals surface area contributed by atoms with Gasteiger partial charge >= 0.3 is 0 Å². The predicted octanol–water partition coefficient (Wildman–Crippen LogP) is 10.1. The highest BCUT2D eigenvalue weighted by Gasteiger charge is 2.30. The lowest BCUT2D eigenvalue weighted by Crippen LogP contribution is -2.39. The van der Waals surface area contributed by atoms with Crippen LogP contribution in [0.1, 0.15) is 81.3 Å². The summed E-state index contributed by atoms with van der Waals surface area (Å²) in [6.07, 6.45) is 14.9.